The molecule has 8 nitrogen and oxygen atoms in total. The van der Waals surface area contributed by atoms with E-state index in [1.54, 1.807) is 0 Å². The first-order valence-corrected chi connectivity index (χ1v) is 4.90. The molecule has 1 aliphatic heterocycles. The van der Waals surface area contributed by atoms with Crippen LogP contribution in [0.5, 0.6) is 0 Å². The van der Waals surface area contributed by atoms with Crippen LogP contribution in [0.4, 0.5) is 10.7 Å². The minimum absolute atomic E-state index is 0.0225. The van der Waals surface area contributed by atoms with Crippen molar-refractivity contribution in [1.82, 2.24) is 25.3 Å². The monoisotopic (exact) mass is 264 g/mol. The fourth-order valence-electron chi connectivity index (χ4n) is 1.11. The van der Waals surface area contributed by atoms with E-state index in [0.717, 1.165) is 5.01 Å². The topological polar surface area (TPSA) is 103 Å². The number of carbonyl (C=O) groups is 1. The number of nitrogens with one attached hydrogen (secondary N) is 2. The Morgan fingerprint density at radius 3 is 2.50 bits per heavy atom. The minimum Gasteiger partial charge on any atom is -0.372 e. The van der Waals surface area contributed by atoms with Crippen molar-refractivity contribution in [3.05, 3.63) is 10.6 Å². The molecule has 86 valence electrons. The summed E-state index contributed by atoms with van der Waals surface area (Å²) in [6, 6.07) is -0.500. The molecule has 10 heteroatoms. The zero-order valence-corrected chi connectivity index (χ0v) is 9.20. The van der Waals surface area contributed by atoms with Crippen molar-refractivity contribution >= 4 is 35.2 Å². The molecule has 1 saturated heterocycles. The summed E-state index contributed by atoms with van der Waals surface area (Å²) in [5, 5.41) is 12.3. The number of hydrogen-bond donors (Lipinski definition) is 3. The maximum Gasteiger partial charge on any atom is 0.338 e. The van der Waals surface area contributed by atoms with E-state index in [1.165, 1.54) is 0 Å². The lowest BCUT2D eigenvalue weighted by Crippen LogP contribution is -2.34. The van der Waals surface area contributed by atoms with Crippen molar-refractivity contribution in [1.29, 1.82) is 0 Å². The van der Waals surface area contributed by atoms with Gasteiger partial charge in [-0.2, -0.15) is 15.0 Å². The number of carbonyl (C=O) groups excluding carboxylic acids is 1. The van der Waals surface area contributed by atoms with E-state index < -0.39 is 12.3 Å². The lowest BCUT2D eigenvalue weighted by Gasteiger charge is -2.14. The van der Waals surface area contributed by atoms with Gasteiger partial charge >= 0.3 is 6.03 Å². The van der Waals surface area contributed by atoms with Crippen LogP contribution >= 0.6 is 23.2 Å². The quantitative estimate of drug-likeness (QED) is 0.687. The summed E-state index contributed by atoms with van der Waals surface area (Å²) in [7, 11) is 0. The van der Waals surface area contributed by atoms with Gasteiger partial charge in [0.25, 0.3) is 0 Å². The van der Waals surface area contributed by atoms with Crippen molar-refractivity contribution < 1.29 is 9.90 Å². The Morgan fingerprint density at radius 2 is 2.00 bits per heavy atom. The van der Waals surface area contributed by atoms with Gasteiger partial charge in [-0.15, -0.1) is 0 Å². The summed E-state index contributed by atoms with van der Waals surface area (Å²) in [5.74, 6) is 0.0225. The number of hydrogen-bond acceptors (Lipinski definition) is 6. The van der Waals surface area contributed by atoms with Crippen molar-refractivity contribution in [3.63, 3.8) is 0 Å². The lowest BCUT2D eigenvalue weighted by atomic mass is 10.6. The lowest BCUT2D eigenvalue weighted by molar-refractivity contribution is 0.164. The van der Waals surface area contributed by atoms with E-state index in [1.807, 2.05) is 0 Å². The molecule has 1 unspecified atom stereocenters. The molecular formula is C6H6Cl2N6O2. The van der Waals surface area contributed by atoms with Crippen molar-refractivity contribution in [2.24, 2.45) is 0 Å². The molecule has 2 heterocycles. The van der Waals surface area contributed by atoms with E-state index in [0.29, 0.717) is 0 Å². The van der Waals surface area contributed by atoms with Gasteiger partial charge in [-0.05, 0) is 23.2 Å². The molecule has 2 amide bonds. The summed E-state index contributed by atoms with van der Waals surface area (Å²) >= 11 is 11.1. The highest BCUT2D eigenvalue weighted by Crippen LogP contribution is 2.11. The Labute approximate surface area is 99.6 Å². The Hall–Kier alpha value is -1.38. The fraction of sp³-hybridized carbons (Fsp3) is 0.333. The molecule has 0 radical (unpaired) electrons. The summed E-state index contributed by atoms with van der Waals surface area (Å²) in [4.78, 5) is 22.2. The van der Waals surface area contributed by atoms with Crippen molar-refractivity contribution in [2.75, 3.05) is 12.0 Å². The third-order valence-electron chi connectivity index (χ3n) is 1.71. The first kappa shape index (κ1) is 11.1. The normalized spacial score (nSPS) is 19.8. The molecule has 3 N–H and O–H groups in total. The summed E-state index contributed by atoms with van der Waals surface area (Å²) in [6.45, 7) is 0.0553. The molecule has 1 aromatic heterocycles. The highest BCUT2D eigenvalue weighted by molar-refractivity contribution is 6.31. The molecule has 0 aliphatic carbocycles. The number of aliphatic hydroxyl groups excluding tert-OH is 1. The summed E-state index contributed by atoms with van der Waals surface area (Å²) in [5.41, 5.74) is 2.53. The Kier molecular flexibility index (Phi) is 2.95. The van der Waals surface area contributed by atoms with Crippen LogP contribution in [-0.2, 0) is 0 Å². The fourth-order valence-corrected chi connectivity index (χ4v) is 1.48. The maximum atomic E-state index is 11.2. The number of rotatable bonds is 2. The second-order valence-electron chi connectivity index (χ2n) is 2.88. The molecule has 1 aromatic rings. The molecule has 2 rings (SSSR count). The number of amides is 2. The van der Waals surface area contributed by atoms with Gasteiger partial charge in [-0.3, -0.25) is 5.43 Å². The molecule has 0 spiro atoms. The number of urea groups is 1. The zero-order valence-electron chi connectivity index (χ0n) is 7.68. The molecule has 0 saturated carbocycles. The first-order chi connectivity index (χ1) is 7.54. The SMILES string of the molecule is O=C1NC(O)CN1Nc1nc(Cl)nc(Cl)n1. The minimum atomic E-state index is -0.937. The van der Waals surface area contributed by atoms with Crippen LogP contribution in [-0.4, -0.2) is 43.9 Å². The number of aliphatic hydroxyl groups is 1. The van der Waals surface area contributed by atoms with Crippen LogP contribution in [0.3, 0.4) is 0 Å². The van der Waals surface area contributed by atoms with Gasteiger partial charge in [0.15, 0.2) is 0 Å². The van der Waals surface area contributed by atoms with Crippen LogP contribution in [0.1, 0.15) is 0 Å². The first-order valence-electron chi connectivity index (χ1n) is 4.14. The summed E-state index contributed by atoms with van der Waals surface area (Å²) in [6.07, 6.45) is -0.937. The summed E-state index contributed by atoms with van der Waals surface area (Å²) < 4.78 is 0. The van der Waals surface area contributed by atoms with E-state index >= 15 is 0 Å². The molecule has 16 heavy (non-hydrogen) atoms. The van der Waals surface area contributed by atoms with Gasteiger partial charge in [0, 0.05) is 0 Å². The number of aromatic nitrogens is 3. The van der Waals surface area contributed by atoms with Gasteiger partial charge in [0.05, 0.1) is 6.54 Å². The van der Waals surface area contributed by atoms with Gasteiger partial charge < -0.3 is 10.4 Å². The number of anilines is 1. The average Bonchev–Trinajstić information content (AvgIpc) is 2.43. The molecular weight excluding hydrogens is 259 g/mol. The largest absolute Gasteiger partial charge is 0.372 e. The second kappa shape index (κ2) is 4.24. The molecule has 1 aliphatic rings. The highest BCUT2D eigenvalue weighted by atomic mass is 35.5. The predicted octanol–water partition coefficient (Wildman–Crippen LogP) is -0.151. The second-order valence-corrected chi connectivity index (χ2v) is 3.56. The predicted molar refractivity (Wildman–Crippen MR) is 54.7 cm³/mol. The third kappa shape index (κ3) is 2.40. The van der Waals surface area contributed by atoms with E-state index in [4.69, 9.17) is 28.3 Å². The van der Waals surface area contributed by atoms with Crippen molar-refractivity contribution in [2.45, 2.75) is 6.23 Å². The third-order valence-corrected chi connectivity index (χ3v) is 2.04. The number of nitrogens with zero attached hydrogens (tertiary/aromatic N) is 4. The van der Waals surface area contributed by atoms with Crippen LogP contribution in [0, 0.1) is 0 Å². The van der Waals surface area contributed by atoms with E-state index in [9.17, 15) is 4.79 Å². The number of β-amino-alcohol motifs (C(OH)–C–C–N with tert-alkyl or cyclic N) is 1. The smallest absolute Gasteiger partial charge is 0.338 e. The maximum absolute atomic E-state index is 11.2. The van der Waals surface area contributed by atoms with Gasteiger partial charge in [0.2, 0.25) is 16.5 Å². The van der Waals surface area contributed by atoms with Crippen LogP contribution < -0.4 is 10.7 Å². The van der Waals surface area contributed by atoms with Gasteiger partial charge in [-0.1, -0.05) is 0 Å². The van der Waals surface area contributed by atoms with E-state index in [2.05, 4.69) is 25.7 Å². The van der Waals surface area contributed by atoms with Gasteiger partial charge in [-0.25, -0.2) is 9.80 Å². The Bertz CT molecular complexity index is 409. The average molecular weight is 265 g/mol. The Morgan fingerprint density at radius 1 is 1.38 bits per heavy atom. The molecule has 0 bridgehead atoms. The van der Waals surface area contributed by atoms with Crippen molar-refractivity contribution in [3.8, 4) is 0 Å². The number of halogens is 2. The van der Waals surface area contributed by atoms with E-state index in [-0.39, 0.29) is 23.1 Å². The molecule has 0 aromatic carbocycles. The van der Waals surface area contributed by atoms with Crippen LogP contribution in [0.25, 0.3) is 0 Å². The molecule has 1 atom stereocenters. The highest BCUT2D eigenvalue weighted by Gasteiger charge is 2.27. The zero-order chi connectivity index (χ0) is 11.7. The van der Waals surface area contributed by atoms with Crippen LogP contribution in [0.2, 0.25) is 10.6 Å². The standard InChI is InChI=1S/C6H6Cl2N6O2/c7-3-10-4(8)12-5(11-3)13-14-1-2(15)9-6(14)16/h2,15H,1H2,(H,9,16)(H,10,11,12,13). The van der Waals surface area contributed by atoms with Crippen LogP contribution in [0.15, 0.2) is 0 Å². The Balaban J connectivity index is 2.12. The van der Waals surface area contributed by atoms with Gasteiger partial charge in [0.1, 0.15) is 6.23 Å². The molecule has 1 fully saturated rings. The number of hydrazine groups is 1.